The van der Waals surface area contributed by atoms with Gasteiger partial charge in [0.15, 0.2) is 0 Å². The first-order valence-corrected chi connectivity index (χ1v) is 13.9. The van der Waals surface area contributed by atoms with Crippen LogP contribution in [0.3, 0.4) is 0 Å². The standard InChI is InChI=1S/C31H33N5O4/c32-28-25(2-1-15-33-28)29-35-26-12-7-22(19-13-16-40-17-14-19)18-27(26)36(29)24-10-8-23(9-11-24)34-30(37)20-3-5-21(6-4-20)31(38)39/h1-2,7-12,15,18-21H,3-6,13-14,16-17H2,(H2,32,33)(H,34,37)(H,38,39). The number of nitrogens with zero attached hydrogens (tertiary/aromatic N) is 3. The number of fused-ring (bicyclic) bond motifs is 1. The van der Waals surface area contributed by atoms with Crippen molar-refractivity contribution in [3.05, 3.63) is 66.4 Å². The molecule has 0 spiro atoms. The van der Waals surface area contributed by atoms with Gasteiger partial charge >= 0.3 is 5.97 Å². The molecular weight excluding hydrogens is 506 g/mol. The first-order chi connectivity index (χ1) is 19.5. The number of nitrogens with two attached hydrogens (primary N) is 1. The van der Waals surface area contributed by atoms with Gasteiger partial charge in [0, 0.05) is 36.7 Å². The molecule has 1 amide bonds. The number of hydrogen-bond acceptors (Lipinski definition) is 6. The average molecular weight is 540 g/mol. The zero-order valence-electron chi connectivity index (χ0n) is 22.3. The van der Waals surface area contributed by atoms with Gasteiger partial charge in [-0.1, -0.05) is 6.07 Å². The van der Waals surface area contributed by atoms with E-state index in [4.69, 9.17) is 15.5 Å². The van der Waals surface area contributed by atoms with Gasteiger partial charge in [0.1, 0.15) is 11.6 Å². The van der Waals surface area contributed by atoms with Gasteiger partial charge in [0.25, 0.3) is 0 Å². The molecule has 0 radical (unpaired) electrons. The van der Waals surface area contributed by atoms with Crippen LogP contribution in [-0.2, 0) is 14.3 Å². The number of carbonyl (C=O) groups excluding carboxylic acids is 1. The smallest absolute Gasteiger partial charge is 0.306 e. The number of benzene rings is 2. The van der Waals surface area contributed by atoms with E-state index in [2.05, 4.69) is 33.1 Å². The van der Waals surface area contributed by atoms with Gasteiger partial charge in [0.2, 0.25) is 5.91 Å². The van der Waals surface area contributed by atoms with Crippen LogP contribution in [-0.4, -0.2) is 44.7 Å². The number of anilines is 2. The highest BCUT2D eigenvalue weighted by Crippen LogP contribution is 2.35. The highest BCUT2D eigenvalue weighted by atomic mass is 16.5. The fourth-order valence-corrected chi connectivity index (χ4v) is 5.97. The summed E-state index contributed by atoms with van der Waals surface area (Å²) in [7, 11) is 0. The van der Waals surface area contributed by atoms with Crippen molar-refractivity contribution in [2.75, 3.05) is 24.3 Å². The number of carbonyl (C=O) groups is 2. The van der Waals surface area contributed by atoms with Crippen LogP contribution in [0, 0.1) is 11.8 Å². The van der Waals surface area contributed by atoms with Gasteiger partial charge in [-0.2, -0.15) is 0 Å². The van der Waals surface area contributed by atoms with Crippen molar-refractivity contribution in [3.8, 4) is 17.1 Å². The number of hydrogen-bond donors (Lipinski definition) is 3. The molecule has 1 aliphatic carbocycles. The largest absolute Gasteiger partial charge is 0.481 e. The Balaban J connectivity index is 1.31. The number of nitrogens with one attached hydrogen (secondary N) is 1. The van der Waals surface area contributed by atoms with Crippen molar-refractivity contribution in [3.63, 3.8) is 0 Å². The number of pyridine rings is 1. The molecule has 9 heteroatoms. The molecule has 9 nitrogen and oxygen atoms in total. The molecule has 2 aromatic heterocycles. The number of aliphatic carboxylic acids is 1. The molecule has 2 aromatic carbocycles. The maximum Gasteiger partial charge on any atom is 0.306 e. The van der Waals surface area contributed by atoms with E-state index in [0.717, 1.165) is 48.3 Å². The summed E-state index contributed by atoms with van der Waals surface area (Å²) in [5, 5.41) is 12.3. The normalized spacial score (nSPS) is 19.9. The summed E-state index contributed by atoms with van der Waals surface area (Å²) in [4.78, 5) is 33.4. The number of carboxylic acids is 1. The Hall–Kier alpha value is -4.24. The van der Waals surface area contributed by atoms with E-state index < -0.39 is 5.97 Å². The predicted molar refractivity (Wildman–Crippen MR) is 153 cm³/mol. The van der Waals surface area contributed by atoms with Crippen molar-refractivity contribution >= 4 is 34.4 Å². The Kier molecular flexibility index (Phi) is 7.21. The van der Waals surface area contributed by atoms with Gasteiger partial charge in [0.05, 0.1) is 22.5 Å². The first kappa shape index (κ1) is 26.0. The molecular formula is C31H33N5O4. The minimum atomic E-state index is -0.770. The molecule has 6 rings (SSSR count). The number of imidazole rings is 1. The lowest BCUT2D eigenvalue weighted by Gasteiger charge is -2.25. The highest BCUT2D eigenvalue weighted by Gasteiger charge is 2.30. The van der Waals surface area contributed by atoms with Crippen LogP contribution in [0.4, 0.5) is 11.5 Å². The number of rotatable bonds is 6. The third-order valence-electron chi connectivity index (χ3n) is 8.29. The zero-order chi connectivity index (χ0) is 27.6. The molecule has 1 saturated carbocycles. The van der Waals surface area contributed by atoms with E-state index in [1.54, 1.807) is 6.20 Å². The molecule has 0 atom stereocenters. The fourth-order valence-electron chi connectivity index (χ4n) is 5.97. The molecule has 3 heterocycles. The fraction of sp³-hybridized carbons (Fsp3) is 0.355. The Morgan fingerprint density at radius 2 is 1.68 bits per heavy atom. The number of nitrogen functional groups attached to an aromatic ring is 1. The topological polar surface area (TPSA) is 132 Å². The van der Waals surface area contributed by atoms with Crippen molar-refractivity contribution in [1.82, 2.24) is 14.5 Å². The first-order valence-electron chi connectivity index (χ1n) is 13.9. The second-order valence-corrected chi connectivity index (χ2v) is 10.8. The van der Waals surface area contributed by atoms with Gasteiger partial charge < -0.3 is 20.9 Å². The van der Waals surface area contributed by atoms with Crippen molar-refractivity contribution in [2.24, 2.45) is 11.8 Å². The average Bonchev–Trinajstić information content (AvgIpc) is 3.37. The summed E-state index contributed by atoms with van der Waals surface area (Å²) in [6, 6.07) is 17.9. The third-order valence-corrected chi connectivity index (χ3v) is 8.29. The summed E-state index contributed by atoms with van der Waals surface area (Å²) in [5.41, 5.74) is 11.7. The van der Waals surface area contributed by atoms with Crippen LogP contribution in [0.2, 0.25) is 0 Å². The molecule has 4 N–H and O–H groups in total. The van der Waals surface area contributed by atoms with E-state index in [0.29, 0.717) is 48.9 Å². The van der Waals surface area contributed by atoms with Crippen LogP contribution >= 0.6 is 0 Å². The Bertz CT molecular complexity index is 1530. The molecule has 0 bridgehead atoms. The number of aromatic nitrogens is 3. The monoisotopic (exact) mass is 539 g/mol. The molecule has 40 heavy (non-hydrogen) atoms. The SMILES string of the molecule is Nc1ncccc1-c1nc2ccc(C3CCOCC3)cc2n1-c1ccc(NC(=O)C2CCC(C(=O)O)CC2)cc1. The van der Waals surface area contributed by atoms with Gasteiger partial charge in [-0.05, 0) is 98.5 Å². The third kappa shape index (κ3) is 5.16. The van der Waals surface area contributed by atoms with Gasteiger partial charge in [-0.3, -0.25) is 14.2 Å². The molecule has 1 aliphatic heterocycles. The molecule has 206 valence electrons. The number of amides is 1. The van der Waals surface area contributed by atoms with E-state index in [-0.39, 0.29) is 17.7 Å². The van der Waals surface area contributed by atoms with Crippen molar-refractivity contribution in [1.29, 1.82) is 0 Å². The molecule has 4 aromatic rings. The molecule has 2 aliphatic rings. The second-order valence-electron chi connectivity index (χ2n) is 10.8. The Morgan fingerprint density at radius 3 is 2.38 bits per heavy atom. The molecule has 1 saturated heterocycles. The highest BCUT2D eigenvalue weighted by molar-refractivity contribution is 5.93. The summed E-state index contributed by atoms with van der Waals surface area (Å²) < 4.78 is 7.68. The van der Waals surface area contributed by atoms with Gasteiger partial charge in [-0.15, -0.1) is 0 Å². The second kappa shape index (κ2) is 11.1. The lowest BCUT2D eigenvalue weighted by molar-refractivity contribution is -0.143. The predicted octanol–water partition coefficient (Wildman–Crippen LogP) is 5.39. The van der Waals surface area contributed by atoms with Crippen LogP contribution in [0.5, 0.6) is 0 Å². The lowest BCUT2D eigenvalue weighted by atomic mass is 9.81. The minimum absolute atomic E-state index is 0.0606. The lowest BCUT2D eigenvalue weighted by Crippen LogP contribution is -2.29. The number of ether oxygens (including phenoxy) is 1. The van der Waals surface area contributed by atoms with E-state index in [9.17, 15) is 14.7 Å². The summed E-state index contributed by atoms with van der Waals surface area (Å²) >= 11 is 0. The van der Waals surface area contributed by atoms with Gasteiger partial charge in [-0.25, -0.2) is 9.97 Å². The van der Waals surface area contributed by atoms with Crippen LogP contribution in [0.15, 0.2) is 60.8 Å². The van der Waals surface area contributed by atoms with Crippen LogP contribution in [0.25, 0.3) is 28.1 Å². The van der Waals surface area contributed by atoms with Crippen molar-refractivity contribution < 1.29 is 19.4 Å². The Labute approximate surface area is 232 Å². The summed E-state index contributed by atoms with van der Waals surface area (Å²) in [6.07, 6.45) is 5.91. The summed E-state index contributed by atoms with van der Waals surface area (Å²) in [5.74, 6) is 0.210. The maximum atomic E-state index is 12.9. The minimum Gasteiger partial charge on any atom is -0.481 e. The van der Waals surface area contributed by atoms with E-state index in [1.165, 1.54) is 5.56 Å². The Morgan fingerprint density at radius 1 is 0.950 bits per heavy atom. The quantitative estimate of drug-likeness (QED) is 0.299. The maximum absolute atomic E-state index is 12.9. The molecule has 0 unspecified atom stereocenters. The van der Waals surface area contributed by atoms with E-state index in [1.807, 2.05) is 36.4 Å². The number of carboxylic acid groups (broad SMARTS) is 1. The summed E-state index contributed by atoms with van der Waals surface area (Å²) in [6.45, 7) is 1.54. The zero-order valence-corrected chi connectivity index (χ0v) is 22.3. The molecule has 2 fully saturated rings. The van der Waals surface area contributed by atoms with Crippen LogP contribution in [0.1, 0.15) is 50.0 Å². The van der Waals surface area contributed by atoms with Crippen LogP contribution < -0.4 is 11.1 Å². The van der Waals surface area contributed by atoms with E-state index >= 15 is 0 Å². The van der Waals surface area contributed by atoms with Crippen molar-refractivity contribution in [2.45, 2.75) is 44.4 Å².